The third-order valence-electron chi connectivity index (χ3n) is 1.18. The van der Waals surface area contributed by atoms with E-state index in [-0.39, 0.29) is 6.10 Å². The van der Waals surface area contributed by atoms with Crippen molar-refractivity contribution in [2.75, 3.05) is 0 Å². The molecule has 0 saturated heterocycles. The van der Waals surface area contributed by atoms with Crippen molar-refractivity contribution in [1.29, 1.82) is 0 Å². The third kappa shape index (κ3) is 6.46. The van der Waals surface area contributed by atoms with E-state index in [9.17, 15) is 13.2 Å². The molecule has 0 fully saturated rings. The zero-order valence-corrected chi connectivity index (χ0v) is 7.83. The molecule has 1 nitrogen and oxygen atoms in total. The molecule has 0 aliphatic rings. The molecule has 4 heteroatoms. The van der Waals surface area contributed by atoms with Crippen LogP contribution in [-0.2, 0) is 4.74 Å². The van der Waals surface area contributed by atoms with E-state index >= 15 is 0 Å². The molecule has 12 heavy (non-hydrogen) atoms. The Morgan fingerprint density at radius 2 is 1.58 bits per heavy atom. The maximum Gasteiger partial charge on any atom is 0.391 e. The summed E-state index contributed by atoms with van der Waals surface area (Å²) in [7, 11) is 0. The Kier molecular flexibility index (Phi) is 3.57. The summed E-state index contributed by atoms with van der Waals surface area (Å²) in [6.45, 7) is 6.33. The molecular formula is C8H15F3O. The average Bonchev–Trinajstić information content (AvgIpc) is 1.48. The van der Waals surface area contributed by atoms with Gasteiger partial charge in [-0.2, -0.15) is 13.2 Å². The summed E-state index contributed by atoms with van der Waals surface area (Å²) >= 11 is 0. The zero-order chi connectivity index (χ0) is 9.99. The van der Waals surface area contributed by atoms with Gasteiger partial charge in [-0.05, 0) is 27.7 Å². The van der Waals surface area contributed by atoms with Crippen LogP contribution in [0.2, 0.25) is 0 Å². The normalized spacial score (nSPS) is 14.0. The lowest BCUT2D eigenvalue weighted by Gasteiger charge is -2.28. The van der Waals surface area contributed by atoms with E-state index in [1.165, 1.54) is 13.8 Å². The smallest absolute Gasteiger partial charge is 0.373 e. The molecule has 0 unspecified atom stereocenters. The van der Waals surface area contributed by atoms with Crippen molar-refractivity contribution in [3.05, 3.63) is 0 Å². The van der Waals surface area contributed by atoms with Crippen molar-refractivity contribution in [2.24, 2.45) is 0 Å². The lowest BCUT2D eigenvalue weighted by Crippen LogP contribution is -2.33. The third-order valence-corrected chi connectivity index (χ3v) is 1.18. The van der Waals surface area contributed by atoms with E-state index in [2.05, 4.69) is 0 Å². The fourth-order valence-electron chi connectivity index (χ4n) is 1.16. The Bertz CT molecular complexity index is 138. The number of alkyl halides is 3. The highest BCUT2D eigenvalue weighted by Gasteiger charge is 2.37. The number of ether oxygens (including phenoxy) is 1. The molecule has 0 saturated carbocycles. The largest absolute Gasteiger partial charge is 0.391 e. The van der Waals surface area contributed by atoms with Crippen LogP contribution in [0, 0.1) is 0 Å². The van der Waals surface area contributed by atoms with Crippen LogP contribution in [0.5, 0.6) is 0 Å². The molecule has 0 aliphatic carbocycles. The summed E-state index contributed by atoms with van der Waals surface area (Å²) in [5.41, 5.74) is -1.12. The maximum atomic E-state index is 11.9. The lowest BCUT2D eigenvalue weighted by atomic mass is 10.0. The van der Waals surface area contributed by atoms with Gasteiger partial charge in [0.15, 0.2) is 0 Å². The summed E-state index contributed by atoms with van der Waals surface area (Å²) in [5.74, 6) is 0. The number of rotatable bonds is 3. The average molecular weight is 184 g/mol. The first-order chi connectivity index (χ1) is 5.12. The van der Waals surface area contributed by atoms with Gasteiger partial charge in [-0.15, -0.1) is 0 Å². The van der Waals surface area contributed by atoms with Gasteiger partial charge in [0.1, 0.15) is 0 Å². The molecule has 0 heterocycles. The predicted molar refractivity (Wildman–Crippen MR) is 41.0 cm³/mol. The van der Waals surface area contributed by atoms with Gasteiger partial charge in [0, 0.05) is 0 Å². The van der Waals surface area contributed by atoms with E-state index in [0.29, 0.717) is 0 Å². The summed E-state index contributed by atoms with van der Waals surface area (Å²) < 4.78 is 40.9. The summed E-state index contributed by atoms with van der Waals surface area (Å²) in [6.07, 6.45) is -5.24. The van der Waals surface area contributed by atoms with Crippen LogP contribution in [0.15, 0.2) is 0 Å². The van der Waals surface area contributed by atoms with Gasteiger partial charge in [0.2, 0.25) is 0 Å². The van der Waals surface area contributed by atoms with Crippen LogP contribution >= 0.6 is 0 Å². The van der Waals surface area contributed by atoms with E-state index in [1.54, 1.807) is 13.8 Å². The monoisotopic (exact) mass is 184 g/mol. The first-order valence-electron chi connectivity index (χ1n) is 3.87. The van der Waals surface area contributed by atoms with Gasteiger partial charge >= 0.3 is 6.18 Å². The fourth-order valence-corrected chi connectivity index (χ4v) is 1.16. The summed E-state index contributed by atoms with van der Waals surface area (Å²) in [6, 6.07) is 0. The zero-order valence-electron chi connectivity index (χ0n) is 7.83. The quantitative estimate of drug-likeness (QED) is 0.654. The van der Waals surface area contributed by atoms with Gasteiger partial charge in [-0.25, -0.2) is 0 Å². The molecule has 0 aromatic rings. The fraction of sp³-hybridized carbons (Fsp3) is 1.00. The second-order valence-electron chi connectivity index (χ2n) is 3.72. The summed E-state index contributed by atoms with van der Waals surface area (Å²) in [5, 5.41) is 0. The highest BCUT2D eigenvalue weighted by Crippen LogP contribution is 2.30. The molecule has 0 atom stereocenters. The molecule has 74 valence electrons. The Balaban J connectivity index is 4.04. The van der Waals surface area contributed by atoms with Gasteiger partial charge in [-0.3, -0.25) is 0 Å². The predicted octanol–water partition coefficient (Wildman–Crippen LogP) is 3.14. The first kappa shape index (κ1) is 11.8. The van der Waals surface area contributed by atoms with Crippen LogP contribution in [0.25, 0.3) is 0 Å². The highest BCUT2D eigenvalue weighted by molar-refractivity contribution is 4.73. The van der Waals surface area contributed by atoms with Crippen molar-refractivity contribution in [1.82, 2.24) is 0 Å². The molecule has 0 aliphatic heterocycles. The molecule has 0 amide bonds. The second-order valence-corrected chi connectivity index (χ2v) is 3.72. The Morgan fingerprint density at radius 1 is 1.17 bits per heavy atom. The summed E-state index contributed by atoms with van der Waals surface area (Å²) in [4.78, 5) is 0. The SMILES string of the molecule is CC(C)OC(C)(C)CC(F)(F)F. The first-order valence-corrected chi connectivity index (χ1v) is 3.87. The van der Waals surface area contributed by atoms with Crippen LogP contribution in [0.1, 0.15) is 34.1 Å². The number of halogens is 3. The minimum atomic E-state index is -4.15. The van der Waals surface area contributed by atoms with Gasteiger partial charge < -0.3 is 4.74 Å². The molecule has 0 aromatic heterocycles. The van der Waals surface area contributed by atoms with Crippen molar-refractivity contribution in [3.8, 4) is 0 Å². The standard InChI is InChI=1S/C8H15F3O/c1-6(2)12-7(3,4)5-8(9,10)11/h6H,5H2,1-4H3. The van der Waals surface area contributed by atoms with Crippen molar-refractivity contribution < 1.29 is 17.9 Å². The van der Waals surface area contributed by atoms with Crippen molar-refractivity contribution in [2.45, 2.75) is 52.0 Å². The van der Waals surface area contributed by atoms with Crippen molar-refractivity contribution >= 4 is 0 Å². The molecule has 0 rings (SSSR count). The van der Waals surface area contributed by atoms with Gasteiger partial charge in [0.05, 0.1) is 18.1 Å². The maximum absolute atomic E-state index is 11.9. The van der Waals surface area contributed by atoms with E-state index in [0.717, 1.165) is 0 Å². The van der Waals surface area contributed by atoms with E-state index in [1.807, 2.05) is 0 Å². The lowest BCUT2D eigenvalue weighted by molar-refractivity contribution is -0.187. The molecular weight excluding hydrogens is 169 g/mol. The Labute approximate surface area is 70.9 Å². The van der Waals surface area contributed by atoms with Gasteiger partial charge in [-0.1, -0.05) is 0 Å². The minimum absolute atomic E-state index is 0.178. The van der Waals surface area contributed by atoms with Crippen LogP contribution in [-0.4, -0.2) is 17.9 Å². The second kappa shape index (κ2) is 3.64. The topological polar surface area (TPSA) is 9.23 Å². The molecule has 0 N–H and O–H groups in total. The number of hydrogen-bond acceptors (Lipinski definition) is 1. The van der Waals surface area contributed by atoms with Crippen LogP contribution < -0.4 is 0 Å². The highest BCUT2D eigenvalue weighted by atomic mass is 19.4. The minimum Gasteiger partial charge on any atom is -0.373 e. The van der Waals surface area contributed by atoms with Gasteiger partial charge in [0.25, 0.3) is 0 Å². The van der Waals surface area contributed by atoms with Crippen LogP contribution in [0.3, 0.4) is 0 Å². The van der Waals surface area contributed by atoms with E-state index in [4.69, 9.17) is 4.74 Å². The molecule has 0 spiro atoms. The Hall–Kier alpha value is -0.250. The molecule has 0 bridgehead atoms. The molecule has 0 radical (unpaired) electrons. The molecule has 0 aromatic carbocycles. The van der Waals surface area contributed by atoms with Crippen molar-refractivity contribution in [3.63, 3.8) is 0 Å². The van der Waals surface area contributed by atoms with Crippen LogP contribution in [0.4, 0.5) is 13.2 Å². The number of hydrogen-bond donors (Lipinski definition) is 0. The van der Waals surface area contributed by atoms with E-state index < -0.39 is 18.2 Å². The Morgan fingerprint density at radius 3 is 1.83 bits per heavy atom.